The monoisotopic (exact) mass is 738 g/mol. The number of benzene rings is 10. The van der Waals surface area contributed by atoms with Gasteiger partial charge in [-0.1, -0.05) is 182 Å². The Kier molecular flexibility index (Phi) is 8.19. The SMILES string of the molecule is c1ccc(-c2ccc(N(c3cccc(-n4c5ccccc5c5ccccc54)c3)c3cccc(-c4cccc5ccccc45)c3-c3cccc4ccccc34)cc2)cc1. The average molecular weight is 739 g/mol. The molecule has 11 aromatic rings. The van der Waals surface area contributed by atoms with Gasteiger partial charge in [-0.25, -0.2) is 0 Å². The fourth-order valence-electron chi connectivity index (χ4n) is 8.97. The number of nitrogens with zero attached hydrogens (tertiary/aromatic N) is 2. The molecule has 1 heterocycles. The lowest BCUT2D eigenvalue weighted by molar-refractivity contribution is 1.17. The van der Waals surface area contributed by atoms with Crippen molar-refractivity contribution in [3.63, 3.8) is 0 Å². The Morgan fingerprint density at radius 3 is 1.50 bits per heavy atom. The van der Waals surface area contributed by atoms with Crippen molar-refractivity contribution in [1.82, 2.24) is 4.57 Å². The summed E-state index contributed by atoms with van der Waals surface area (Å²) in [5.74, 6) is 0. The second-order valence-corrected chi connectivity index (χ2v) is 14.9. The molecule has 0 aliphatic rings. The maximum absolute atomic E-state index is 2.46. The average Bonchev–Trinajstić information content (AvgIpc) is 3.64. The van der Waals surface area contributed by atoms with Crippen LogP contribution in [0.1, 0.15) is 0 Å². The fraction of sp³-hybridized carbons (Fsp3) is 0. The molecule has 0 aliphatic carbocycles. The minimum absolute atomic E-state index is 1.07. The van der Waals surface area contributed by atoms with Gasteiger partial charge < -0.3 is 9.47 Å². The fourth-order valence-corrected chi connectivity index (χ4v) is 8.97. The second-order valence-electron chi connectivity index (χ2n) is 14.9. The third-order valence-electron chi connectivity index (χ3n) is 11.6. The molecule has 0 amide bonds. The highest BCUT2D eigenvalue weighted by atomic mass is 15.1. The molecule has 2 heteroatoms. The van der Waals surface area contributed by atoms with Gasteiger partial charge in [-0.3, -0.25) is 0 Å². The molecule has 2 nitrogen and oxygen atoms in total. The van der Waals surface area contributed by atoms with Crippen molar-refractivity contribution >= 4 is 60.4 Å². The van der Waals surface area contributed by atoms with Gasteiger partial charge in [-0.2, -0.15) is 0 Å². The smallest absolute Gasteiger partial charge is 0.0546 e. The van der Waals surface area contributed by atoms with Crippen LogP contribution in [0.15, 0.2) is 231 Å². The molecule has 0 aliphatic heterocycles. The number of anilines is 3. The molecule has 0 unspecified atom stereocenters. The van der Waals surface area contributed by atoms with E-state index in [-0.39, 0.29) is 0 Å². The maximum atomic E-state index is 2.46. The van der Waals surface area contributed by atoms with E-state index < -0.39 is 0 Å². The van der Waals surface area contributed by atoms with Gasteiger partial charge in [0, 0.05) is 33.4 Å². The van der Waals surface area contributed by atoms with Gasteiger partial charge in [0.15, 0.2) is 0 Å². The Balaban J connectivity index is 1.21. The number of para-hydroxylation sites is 2. The van der Waals surface area contributed by atoms with E-state index in [0.29, 0.717) is 0 Å². The first-order valence-corrected chi connectivity index (χ1v) is 19.9. The first-order chi connectivity index (χ1) is 28.8. The zero-order valence-electron chi connectivity index (χ0n) is 31.8. The van der Waals surface area contributed by atoms with Crippen molar-refractivity contribution in [2.75, 3.05) is 4.90 Å². The summed E-state index contributed by atoms with van der Waals surface area (Å²) in [7, 11) is 0. The summed E-state index contributed by atoms with van der Waals surface area (Å²) in [6.07, 6.45) is 0. The predicted molar refractivity (Wildman–Crippen MR) is 247 cm³/mol. The topological polar surface area (TPSA) is 8.17 Å². The van der Waals surface area contributed by atoms with Crippen LogP contribution in [0.3, 0.4) is 0 Å². The van der Waals surface area contributed by atoms with Gasteiger partial charge in [0.2, 0.25) is 0 Å². The van der Waals surface area contributed by atoms with Gasteiger partial charge >= 0.3 is 0 Å². The molecule has 0 radical (unpaired) electrons. The molecule has 11 rings (SSSR count). The standard InChI is InChI=1S/C56H38N2/c1-2-16-39(17-3-1)40-34-36-43(37-35-40)57(44-22-14-23-45(38-44)58-53-31-10-8-26-49(53)50-27-9-11-32-54(50)58)55-33-15-30-52(48-28-12-20-41-18-4-6-24-46(41)48)56(55)51-29-13-21-42-19-5-7-25-47(42)51/h1-38H. The third kappa shape index (κ3) is 5.66. The highest BCUT2D eigenvalue weighted by molar-refractivity contribution is 6.11. The van der Waals surface area contributed by atoms with E-state index in [9.17, 15) is 0 Å². The number of aromatic nitrogens is 1. The first-order valence-electron chi connectivity index (χ1n) is 19.9. The van der Waals surface area contributed by atoms with Crippen molar-refractivity contribution < 1.29 is 0 Å². The lowest BCUT2D eigenvalue weighted by Crippen LogP contribution is -2.12. The van der Waals surface area contributed by atoms with Crippen LogP contribution in [0.4, 0.5) is 17.1 Å². The van der Waals surface area contributed by atoms with Crippen LogP contribution in [0.2, 0.25) is 0 Å². The summed E-state index contributed by atoms with van der Waals surface area (Å²) in [5, 5.41) is 7.39. The number of rotatable bonds is 7. The number of fused-ring (bicyclic) bond motifs is 5. The zero-order chi connectivity index (χ0) is 38.4. The Morgan fingerprint density at radius 1 is 0.310 bits per heavy atom. The Bertz CT molecular complexity index is 3220. The minimum Gasteiger partial charge on any atom is -0.310 e. The van der Waals surface area contributed by atoms with Crippen LogP contribution >= 0.6 is 0 Å². The summed E-state index contributed by atoms with van der Waals surface area (Å²) in [4.78, 5) is 2.46. The first kappa shape index (κ1) is 33.6. The Hall–Kier alpha value is -7.68. The summed E-state index contributed by atoms with van der Waals surface area (Å²) in [6, 6.07) is 83.8. The molecule has 0 bridgehead atoms. The summed E-state index contributed by atoms with van der Waals surface area (Å²) in [5.41, 5.74) is 13.9. The van der Waals surface area contributed by atoms with Gasteiger partial charge in [0.1, 0.15) is 0 Å². The van der Waals surface area contributed by atoms with Crippen molar-refractivity contribution in [1.29, 1.82) is 0 Å². The van der Waals surface area contributed by atoms with Crippen molar-refractivity contribution in [3.8, 4) is 39.1 Å². The van der Waals surface area contributed by atoms with Crippen molar-refractivity contribution in [2.24, 2.45) is 0 Å². The molecular weight excluding hydrogens is 701 g/mol. The third-order valence-corrected chi connectivity index (χ3v) is 11.6. The van der Waals surface area contributed by atoms with Crippen molar-refractivity contribution in [3.05, 3.63) is 231 Å². The molecule has 0 saturated heterocycles. The van der Waals surface area contributed by atoms with Gasteiger partial charge in [-0.05, 0) is 97.9 Å². The predicted octanol–water partition coefficient (Wildman–Crippen LogP) is 15.6. The van der Waals surface area contributed by atoms with Gasteiger partial charge in [-0.15, -0.1) is 0 Å². The van der Waals surface area contributed by atoms with Crippen LogP contribution in [0.5, 0.6) is 0 Å². The summed E-state index contributed by atoms with van der Waals surface area (Å²) in [6.45, 7) is 0. The second kappa shape index (κ2) is 14.1. The Morgan fingerprint density at radius 2 is 0.810 bits per heavy atom. The van der Waals surface area contributed by atoms with E-state index in [2.05, 4.69) is 240 Å². The van der Waals surface area contributed by atoms with E-state index in [4.69, 9.17) is 0 Å². The van der Waals surface area contributed by atoms with Gasteiger partial charge in [0.05, 0.1) is 16.7 Å². The summed E-state index contributed by atoms with van der Waals surface area (Å²) >= 11 is 0. The molecule has 0 atom stereocenters. The van der Waals surface area contributed by atoms with Crippen LogP contribution < -0.4 is 4.90 Å². The number of hydrogen-bond donors (Lipinski definition) is 0. The van der Waals surface area contributed by atoms with Crippen LogP contribution in [-0.2, 0) is 0 Å². The molecular formula is C56H38N2. The normalized spacial score (nSPS) is 11.4. The zero-order valence-corrected chi connectivity index (χ0v) is 31.8. The lowest BCUT2D eigenvalue weighted by atomic mass is 9.87. The quantitative estimate of drug-likeness (QED) is 0.158. The molecule has 0 N–H and O–H groups in total. The lowest BCUT2D eigenvalue weighted by Gasteiger charge is -2.30. The van der Waals surface area contributed by atoms with E-state index >= 15 is 0 Å². The van der Waals surface area contributed by atoms with E-state index in [1.54, 1.807) is 0 Å². The maximum Gasteiger partial charge on any atom is 0.0546 e. The van der Waals surface area contributed by atoms with Crippen LogP contribution in [0, 0.1) is 0 Å². The van der Waals surface area contributed by atoms with Crippen LogP contribution in [-0.4, -0.2) is 4.57 Å². The highest BCUT2D eigenvalue weighted by Gasteiger charge is 2.23. The highest BCUT2D eigenvalue weighted by Crippen LogP contribution is 2.49. The van der Waals surface area contributed by atoms with Crippen LogP contribution in [0.25, 0.3) is 82.4 Å². The van der Waals surface area contributed by atoms with E-state index in [1.807, 2.05) is 0 Å². The molecule has 272 valence electrons. The Labute approximate surface area is 338 Å². The molecule has 0 fully saturated rings. The summed E-state index contributed by atoms with van der Waals surface area (Å²) < 4.78 is 2.41. The van der Waals surface area contributed by atoms with E-state index in [1.165, 1.54) is 76.7 Å². The molecule has 0 spiro atoms. The molecule has 0 saturated carbocycles. The number of hydrogen-bond acceptors (Lipinski definition) is 1. The van der Waals surface area contributed by atoms with Gasteiger partial charge in [0.25, 0.3) is 0 Å². The minimum atomic E-state index is 1.07. The molecule has 1 aromatic heterocycles. The molecule has 58 heavy (non-hydrogen) atoms. The molecule has 10 aromatic carbocycles. The van der Waals surface area contributed by atoms with E-state index in [0.717, 1.165) is 22.7 Å². The largest absolute Gasteiger partial charge is 0.310 e. The van der Waals surface area contributed by atoms with Crippen molar-refractivity contribution in [2.45, 2.75) is 0 Å².